The van der Waals surface area contributed by atoms with Gasteiger partial charge < -0.3 is 42.2 Å². The SMILES string of the molecule is CC(C)C[C@H](NC(=O)[C@@H]1CCCN1C(=O)Oc1ccc(N=Nc2ccccc2)cc1)C(=O)NCC(=O)N1CCC[C@H]1C(=O)N[C@H](CCCN=C(N)N)C(=O)O. The van der Waals surface area contributed by atoms with E-state index in [1.54, 1.807) is 24.3 Å². The summed E-state index contributed by atoms with van der Waals surface area (Å²) in [4.78, 5) is 84.6. The van der Waals surface area contributed by atoms with Gasteiger partial charge in [0, 0.05) is 19.6 Å². The monoisotopic (exact) mass is 762 g/mol. The zero-order chi connectivity index (χ0) is 39.9. The van der Waals surface area contributed by atoms with Gasteiger partial charge in [0.05, 0.1) is 17.9 Å². The Morgan fingerprint density at radius 2 is 1.42 bits per heavy atom. The second kappa shape index (κ2) is 20.4. The lowest BCUT2D eigenvalue weighted by atomic mass is 10.0. The third-order valence-corrected chi connectivity index (χ3v) is 9.06. The molecule has 2 aromatic carbocycles. The first-order chi connectivity index (χ1) is 26.3. The molecule has 2 saturated heterocycles. The molecule has 0 unspecified atom stereocenters. The molecule has 0 bridgehead atoms. The molecular formula is C37H50N10O8. The molecule has 8 N–H and O–H groups in total. The summed E-state index contributed by atoms with van der Waals surface area (Å²) in [6.45, 7) is 4.04. The van der Waals surface area contributed by atoms with E-state index in [0.717, 1.165) is 0 Å². The number of carboxylic acid groups (broad SMARTS) is 1. The minimum atomic E-state index is -1.23. The van der Waals surface area contributed by atoms with E-state index in [9.17, 15) is 33.9 Å². The molecule has 5 amide bonds. The Morgan fingerprint density at radius 3 is 2.02 bits per heavy atom. The van der Waals surface area contributed by atoms with Gasteiger partial charge in [-0.25, -0.2) is 9.59 Å². The molecule has 0 aromatic heterocycles. The Morgan fingerprint density at radius 1 is 0.836 bits per heavy atom. The van der Waals surface area contributed by atoms with E-state index in [-0.39, 0.29) is 50.1 Å². The average Bonchev–Trinajstić information content (AvgIpc) is 3.86. The third-order valence-electron chi connectivity index (χ3n) is 9.06. The number of aliphatic carboxylic acids is 1. The molecule has 2 aromatic rings. The number of carbonyl (C=O) groups excluding carboxylic acids is 5. The fourth-order valence-electron chi connectivity index (χ4n) is 6.33. The predicted octanol–water partition coefficient (Wildman–Crippen LogP) is 2.33. The summed E-state index contributed by atoms with van der Waals surface area (Å²) in [5.41, 5.74) is 11.8. The fraction of sp³-hybridized carbons (Fsp3) is 0.486. The molecular weight excluding hydrogens is 712 g/mol. The van der Waals surface area contributed by atoms with Crippen molar-refractivity contribution in [3.05, 3.63) is 54.6 Å². The number of hydrogen-bond acceptors (Lipinski definition) is 10. The van der Waals surface area contributed by atoms with Gasteiger partial charge in [-0.05, 0) is 87.3 Å². The van der Waals surface area contributed by atoms with Gasteiger partial charge in [-0.2, -0.15) is 10.2 Å². The van der Waals surface area contributed by atoms with Crippen LogP contribution in [0.1, 0.15) is 58.8 Å². The Labute approximate surface area is 319 Å². The van der Waals surface area contributed by atoms with E-state index < -0.39 is 66.4 Å². The van der Waals surface area contributed by atoms with Gasteiger partial charge in [0.1, 0.15) is 29.9 Å². The Bertz CT molecular complexity index is 1720. The van der Waals surface area contributed by atoms with Crippen LogP contribution in [0.2, 0.25) is 0 Å². The number of carbonyl (C=O) groups is 6. The van der Waals surface area contributed by atoms with Crippen molar-refractivity contribution in [1.29, 1.82) is 0 Å². The molecule has 55 heavy (non-hydrogen) atoms. The van der Waals surface area contributed by atoms with E-state index in [1.807, 2.05) is 44.2 Å². The van der Waals surface area contributed by atoms with Gasteiger partial charge in [-0.3, -0.25) is 29.1 Å². The zero-order valence-electron chi connectivity index (χ0n) is 31.1. The third kappa shape index (κ3) is 12.8. The lowest BCUT2D eigenvalue weighted by Crippen LogP contribution is -2.55. The number of nitrogens with two attached hydrogens (primary N) is 2. The molecule has 0 aliphatic carbocycles. The maximum Gasteiger partial charge on any atom is 0.415 e. The number of azo groups is 1. The van der Waals surface area contributed by atoms with Crippen LogP contribution in [0.4, 0.5) is 16.2 Å². The van der Waals surface area contributed by atoms with Crippen molar-refractivity contribution in [2.24, 2.45) is 32.6 Å². The highest BCUT2D eigenvalue weighted by Crippen LogP contribution is 2.24. The van der Waals surface area contributed by atoms with Crippen LogP contribution < -0.4 is 32.2 Å². The summed E-state index contributed by atoms with van der Waals surface area (Å²) in [7, 11) is 0. The van der Waals surface area contributed by atoms with Crippen LogP contribution in [-0.4, -0.2) is 107 Å². The highest BCUT2D eigenvalue weighted by molar-refractivity contribution is 5.95. The van der Waals surface area contributed by atoms with Crippen molar-refractivity contribution >= 4 is 53.0 Å². The maximum absolute atomic E-state index is 13.5. The number of benzene rings is 2. The van der Waals surface area contributed by atoms with Crippen molar-refractivity contribution in [3.63, 3.8) is 0 Å². The van der Waals surface area contributed by atoms with Gasteiger partial charge in [-0.15, -0.1) is 0 Å². The van der Waals surface area contributed by atoms with Gasteiger partial charge >= 0.3 is 12.1 Å². The molecule has 0 spiro atoms. The second-order valence-corrected chi connectivity index (χ2v) is 13.8. The van der Waals surface area contributed by atoms with Gasteiger partial charge in [-0.1, -0.05) is 32.0 Å². The van der Waals surface area contributed by atoms with Crippen LogP contribution in [0, 0.1) is 5.92 Å². The Kier molecular flexibility index (Phi) is 15.5. The molecule has 4 rings (SSSR count). The number of aliphatic imine (C=N–C) groups is 1. The largest absolute Gasteiger partial charge is 0.480 e. The Hall–Kier alpha value is -6.07. The molecule has 296 valence electrons. The number of guanidine groups is 1. The van der Waals surface area contributed by atoms with Crippen LogP contribution in [0.15, 0.2) is 69.8 Å². The van der Waals surface area contributed by atoms with E-state index in [1.165, 1.54) is 9.80 Å². The van der Waals surface area contributed by atoms with Crippen LogP contribution in [0.25, 0.3) is 0 Å². The standard InChI is InChI=1S/C37H50N10O8/c1-23(2)21-28(32(49)41-22-31(48)46-19-7-12-29(46)33(50)42-27(35(52)53)11-6-18-40-36(38)39)43-34(51)30-13-8-20-47(30)37(54)55-26-16-14-25(15-17-26)45-44-24-9-4-3-5-10-24/h3-5,9-10,14-17,23,27-30H,6-8,11-13,18-22H2,1-2H3,(H,41,49)(H,42,50)(H,43,51)(H,52,53)(H4,38,39,40)/t27-,28+,29+,30+/m1/s1. The summed E-state index contributed by atoms with van der Waals surface area (Å²) >= 11 is 0. The minimum absolute atomic E-state index is 0.0140. The summed E-state index contributed by atoms with van der Waals surface area (Å²) in [6, 6.07) is 11.7. The summed E-state index contributed by atoms with van der Waals surface area (Å²) in [5.74, 6) is -3.38. The first-order valence-electron chi connectivity index (χ1n) is 18.3. The number of nitrogens with zero attached hydrogens (tertiary/aromatic N) is 5. The van der Waals surface area contributed by atoms with Crippen LogP contribution in [0.3, 0.4) is 0 Å². The van der Waals surface area contributed by atoms with Crippen molar-refractivity contribution in [1.82, 2.24) is 25.8 Å². The summed E-state index contributed by atoms with van der Waals surface area (Å²) < 4.78 is 5.56. The average molecular weight is 763 g/mol. The molecule has 18 heteroatoms. The molecule has 2 fully saturated rings. The van der Waals surface area contributed by atoms with Gasteiger partial charge in [0.2, 0.25) is 23.6 Å². The number of carboxylic acids is 1. The van der Waals surface area contributed by atoms with Crippen LogP contribution in [0.5, 0.6) is 5.75 Å². The number of amides is 5. The highest BCUT2D eigenvalue weighted by atomic mass is 16.6. The normalized spacial score (nSPS) is 17.7. The summed E-state index contributed by atoms with van der Waals surface area (Å²) in [6.07, 6.45) is 1.69. The smallest absolute Gasteiger partial charge is 0.415 e. The van der Waals surface area contributed by atoms with Gasteiger partial charge in [0.15, 0.2) is 5.96 Å². The number of nitrogens with one attached hydrogen (secondary N) is 3. The first-order valence-corrected chi connectivity index (χ1v) is 18.3. The molecule has 2 heterocycles. The number of rotatable bonds is 17. The molecule has 2 aliphatic rings. The molecule has 2 aliphatic heterocycles. The quantitative estimate of drug-likeness (QED) is 0.0593. The van der Waals surface area contributed by atoms with E-state index in [0.29, 0.717) is 43.5 Å². The maximum atomic E-state index is 13.5. The van der Waals surface area contributed by atoms with Gasteiger partial charge in [0.25, 0.3) is 0 Å². The zero-order valence-corrected chi connectivity index (χ0v) is 31.1. The number of hydrogen-bond donors (Lipinski definition) is 6. The van der Waals surface area contributed by atoms with Crippen molar-refractivity contribution in [2.75, 3.05) is 26.2 Å². The molecule has 0 radical (unpaired) electrons. The van der Waals surface area contributed by atoms with E-state index in [4.69, 9.17) is 16.2 Å². The minimum Gasteiger partial charge on any atom is -0.480 e. The highest BCUT2D eigenvalue weighted by Gasteiger charge is 2.38. The van der Waals surface area contributed by atoms with Crippen LogP contribution >= 0.6 is 0 Å². The Balaban J connectivity index is 1.30. The van der Waals surface area contributed by atoms with Crippen molar-refractivity contribution in [3.8, 4) is 5.75 Å². The van der Waals surface area contributed by atoms with Crippen molar-refractivity contribution in [2.45, 2.75) is 83.0 Å². The first kappa shape index (κ1) is 41.7. The number of likely N-dealkylation sites (tertiary alicyclic amines) is 2. The lowest BCUT2D eigenvalue weighted by Gasteiger charge is -2.27. The predicted molar refractivity (Wildman–Crippen MR) is 201 cm³/mol. The molecule has 18 nitrogen and oxygen atoms in total. The molecule has 4 atom stereocenters. The summed E-state index contributed by atoms with van der Waals surface area (Å²) in [5, 5.41) is 25.8. The van der Waals surface area contributed by atoms with Crippen LogP contribution in [-0.2, 0) is 24.0 Å². The number of ether oxygens (including phenoxy) is 1. The lowest BCUT2D eigenvalue weighted by molar-refractivity contribution is -0.144. The topological polar surface area (TPSA) is 264 Å². The second-order valence-electron chi connectivity index (χ2n) is 13.8. The fourth-order valence-corrected chi connectivity index (χ4v) is 6.33. The van der Waals surface area contributed by atoms with E-state index >= 15 is 0 Å². The van der Waals surface area contributed by atoms with Crippen molar-refractivity contribution < 1.29 is 38.6 Å². The molecule has 0 saturated carbocycles. The van der Waals surface area contributed by atoms with E-state index in [2.05, 4.69) is 31.2 Å².